The third-order valence-corrected chi connectivity index (χ3v) is 5.41. The van der Waals surface area contributed by atoms with Gasteiger partial charge in [-0.1, -0.05) is 6.07 Å². The highest BCUT2D eigenvalue weighted by atomic mass is 16.6. The zero-order chi connectivity index (χ0) is 19.5. The zero-order valence-corrected chi connectivity index (χ0v) is 15.9. The first-order chi connectivity index (χ1) is 13.6. The van der Waals surface area contributed by atoms with Gasteiger partial charge >= 0.3 is 5.69 Å². The molecule has 1 aliphatic heterocycles. The molecular formula is C21H24N4O3. The number of nitrogens with zero attached hydrogens (tertiary/aromatic N) is 3. The van der Waals surface area contributed by atoms with Crippen molar-refractivity contribution in [2.45, 2.75) is 38.8 Å². The van der Waals surface area contributed by atoms with Crippen molar-refractivity contribution in [2.75, 3.05) is 18.4 Å². The molecule has 0 saturated carbocycles. The molecule has 7 nitrogen and oxygen atoms in total. The van der Waals surface area contributed by atoms with Crippen LogP contribution >= 0.6 is 0 Å². The van der Waals surface area contributed by atoms with Crippen molar-refractivity contribution in [3.05, 3.63) is 64.0 Å². The smallest absolute Gasteiger partial charge is 0.311 e. The van der Waals surface area contributed by atoms with Crippen molar-refractivity contribution in [2.24, 2.45) is 0 Å². The molecule has 146 valence electrons. The Morgan fingerprint density at radius 2 is 2.25 bits per heavy atom. The van der Waals surface area contributed by atoms with Gasteiger partial charge in [-0.3, -0.25) is 10.1 Å². The summed E-state index contributed by atoms with van der Waals surface area (Å²) >= 11 is 0. The number of nitrogens with one attached hydrogen (secondary N) is 1. The number of benzene rings is 1. The van der Waals surface area contributed by atoms with Crippen molar-refractivity contribution >= 4 is 22.5 Å². The first-order valence-electron chi connectivity index (χ1n) is 9.69. The van der Waals surface area contributed by atoms with Gasteiger partial charge in [0.25, 0.3) is 0 Å². The number of aromatic nitrogens is 1. The van der Waals surface area contributed by atoms with E-state index in [9.17, 15) is 10.1 Å². The average molecular weight is 380 g/mol. The molecule has 4 rings (SSSR count). The van der Waals surface area contributed by atoms with E-state index in [4.69, 9.17) is 4.42 Å². The maximum Gasteiger partial charge on any atom is 0.311 e. The number of nitro groups is 1. The minimum absolute atomic E-state index is 0.0229. The summed E-state index contributed by atoms with van der Waals surface area (Å²) in [5, 5.41) is 15.2. The van der Waals surface area contributed by atoms with Crippen LogP contribution < -0.4 is 5.32 Å². The van der Waals surface area contributed by atoms with E-state index >= 15 is 0 Å². The summed E-state index contributed by atoms with van der Waals surface area (Å²) in [6.07, 6.45) is 5.02. The average Bonchev–Trinajstić information content (AvgIpc) is 3.29. The molecule has 3 aromatic rings. The van der Waals surface area contributed by atoms with Gasteiger partial charge in [-0.15, -0.1) is 0 Å². The van der Waals surface area contributed by atoms with Crippen LogP contribution in [0.2, 0.25) is 0 Å². The number of likely N-dealkylation sites (tertiary alicyclic amines) is 1. The van der Waals surface area contributed by atoms with Crippen LogP contribution in [0.3, 0.4) is 0 Å². The number of hydrogen-bond donors (Lipinski definition) is 1. The summed E-state index contributed by atoms with van der Waals surface area (Å²) in [5.41, 5.74) is 1.87. The molecule has 1 fully saturated rings. The lowest BCUT2D eigenvalue weighted by atomic mass is 10.1. The fourth-order valence-corrected chi connectivity index (χ4v) is 3.83. The Hall–Kier alpha value is -2.93. The number of fused-ring (bicyclic) bond motifs is 1. The highest BCUT2D eigenvalue weighted by Crippen LogP contribution is 2.25. The highest BCUT2D eigenvalue weighted by Gasteiger charge is 2.20. The monoisotopic (exact) mass is 380 g/mol. The van der Waals surface area contributed by atoms with Gasteiger partial charge in [-0.2, -0.15) is 0 Å². The Morgan fingerprint density at radius 1 is 1.36 bits per heavy atom. The van der Waals surface area contributed by atoms with Gasteiger partial charge in [0.05, 0.1) is 4.92 Å². The maximum atomic E-state index is 11.1. The molecule has 0 amide bonds. The Balaban J connectivity index is 1.42. The van der Waals surface area contributed by atoms with Gasteiger partial charge < -0.3 is 14.6 Å². The van der Waals surface area contributed by atoms with Crippen molar-refractivity contribution in [3.8, 4) is 0 Å². The lowest BCUT2D eigenvalue weighted by molar-refractivity contribution is -0.384. The normalized spacial score (nSPS) is 17.2. The van der Waals surface area contributed by atoms with Crippen LogP contribution in [0.25, 0.3) is 11.0 Å². The Morgan fingerprint density at radius 3 is 3.04 bits per heavy atom. The van der Waals surface area contributed by atoms with E-state index in [0.29, 0.717) is 12.6 Å². The van der Waals surface area contributed by atoms with E-state index in [-0.39, 0.29) is 11.5 Å². The van der Waals surface area contributed by atoms with Crippen LogP contribution in [-0.4, -0.2) is 33.9 Å². The Bertz CT molecular complexity index is 985. The van der Waals surface area contributed by atoms with Crippen molar-refractivity contribution in [3.63, 3.8) is 0 Å². The predicted octanol–water partition coefficient (Wildman–Crippen LogP) is 4.37. The first kappa shape index (κ1) is 18.4. The van der Waals surface area contributed by atoms with Crippen molar-refractivity contribution < 1.29 is 9.34 Å². The molecule has 3 heterocycles. The molecule has 28 heavy (non-hydrogen) atoms. The van der Waals surface area contributed by atoms with Crippen LogP contribution in [0, 0.1) is 10.1 Å². The van der Waals surface area contributed by atoms with Gasteiger partial charge in [-0.05, 0) is 56.1 Å². The summed E-state index contributed by atoms with van der Waals surface area (Å²) in [6, 6.07) is 11.8. The summed E-state index contributed by atoms with van der Waals surface area (Å²) in [5.74, 6) is 1.28. The molecule has 0 unspecified atom stereocenters. The Labute approximate surface area is 163 Å². The number of hydrogen-bond acceptors (Lipinski definition) is 6. The van der Waals surface area contributed by atoms with E-state index in [1.807, 2.05) is 12.1 Å². The molecule has 1 saturated heterocycles. The van der Waals surface area contributed by atoms with Crippen LogP contribution in [0.4, 0.5) is 11.5 Å². The fourth-order valence-electron chi connectivity index (χ4n) is 3.83. The second kappa shape index (κ2) is 7.98. The molecule has 7 heteroatoms. The van der Waals surface area contributed by atoms with Crippen LogP contribution in [0.15, 0.2) is 47.0 Å². The maximum absolute atomic E-state index is 11.1. The fraction of sp³-hybridized carbons (Fsp3) is 0.381. The molecule has 1 aliphatic rings. The molecule has 1 N–H and O–H groups in total. The zero-order valence-electron chi connectivity index (χ0n) is 15.9. The number of anilines is 1. The van der Waals surface area contributed by atoms with Crippen molar-refractivity contribution in [1.29, 1.82) is 0 Å². The van der Waals surface area contributed by atoms with Crippen LogP contribution in [-0.2, 0) is 13.0 Å². The standard InChI is InChI=1S/C21H24N4O3/c1-15-4-3-10-24(15)11-8-18-13-17-12-16(6-7-20(17)28-18)14-23-21-19(25(26)27)5-2-9-22-21/h2,5-7,9,12-13,15H,3-4,8,10-11,14H2,1H3,(H,22,23)/t15-/m1/s1. The quantitative estimate of drug-likeness (QED) is 0.484. The summed E-state index contributed by atoms with van der Waals surface area (Å²) < 4.78 is 5.98. The predicted molar refractivity (Wildman–Crippen MR) is 108 cm³/mol. The number of pyridine rings is 1. The van der Waals surface area contributed by atoms with Gasteiger partial charge in [0.1, 0.15) is 11.3 Å². The second-order valence-corrected chi connectivity index (χ2v) is 7.34. The van der Waals surface area contributed by atoms with E-state index in [1.165, 1.54) is 25.5 Å². The van der Waals surface area contributed by atoms with Gasteiger partial charge in [0.2, 0.25) is 5.82 Å². The lowest BCUT2D eigenvalue weighted by Gasteiger charge is -2.19. The van der Waals surface area contributed by atoms with Gasteiger partial charge in [0, 0.05) is 43.2 Å². The molecule has 0 bridgehead atoms. The van der Waals surface area contributed by atoms with Gasteiger partial charge in [0.15, 0.2) is 0 Å². The van der Waals surface area contributed by atoms with E-state index in [2.05, 4.69) is 34.3 Å². The SMILES string of the molecule is C[C@@H]1CCCN1CCc1cc2cc(CNc3ncccc3[N+](=O)[O-])ccc2o1. The number of furan rings is 1. The third kappa shape index (κ3) is 3.99. The highest BCUT2D eigenvalue weighted by molar-refractivity contribution is 5.78. The van der Waals surface area contributed by atoms with Gasteiger partial charge in [-0.25, -0.2) is 4.98 Å². The minimum Gasteiger partial charge on any atom is -0.461 e. The summed E-state index contributed by atoms with van der Waals surface area (Å²) in [4.78, 5) is 17.3. The Kier molecular flexibility index (Phi) is 5.25. The van der Waals surface area contributed by atoms with E-state index in [1.54, 1.807) is 12.3 Å². The molecular weight excluding hydrogens is 356 g/mol. The van der Waals surface area contributed by atoms with Crippen LogP contribution in [0.1, 0.15) is 31.1 Å². The van der Waals surface area contributed by atoms with E-state index in [0.717, 1.165) is 35.3 Å². The molecule has 1 atom stereocenters. The second-order valence-electron chi connectivity index (χ2n) is 7.34. The molecule has 0 spiro atoms. The van der Waals surface area contributed by atoms with Crippen molar-refractivity contribution in [1.82, 2.24) is 9.88 Å². The minimum atomic E-state index is -0.428. The number of rotatable bonds is 7. The molecule has 2 aromatic heterocycles. The summed E-state index contributed by atoms with van der Waals surface area (Å²) in [6.45, 7) is 4.95. The van der Waals surface area contributed by atoms with E-state index < -0.39 is 4.92 Å². The first-order valence-corrected chi connectivity index (χ1v) is 9.69. The summed E-state index contributed by atoms with van der Waals surface area (Å²) in [7, 11) is 0. The molecule has 0 aliphatic carbocycles. The third-order valence-electron chi connectivity index (χ3n) is 5.41. The largest absolute Gasteiger partial charge is 0.461 e. The topological polar surface area (TPSA) is 84.4 Å². The lowest BCUT2D eigenvalue weighted by Crippen LogP contribution is -2.28. The molecule has 0 radical (unpaired) electrons. The van der Waals surface area contributed by atoms with Crippen LogP contribution in [0.5, 0.6) is 0 Å². The molecule has 1 aromatic carbocycles.